The summed E-state index contributed by atoms with van der Waals surface area (Å²) < 4.78 is 16.3. The van der Waals surface area contributed by atoms with Crippen molar-refractivity contribution in [1.82, 2.24) is 9.58 Å². The Morgan fingerprint density at radius 3 is 2.63 bits per heavy atom. The number of hydrogen-bond donors (Lipinski definition) is 1. The van der Waals surface area contributed by atoms with Gasteiger partial charge < -0.3 is 10.0 Å². The first kappa shape index (κ1) is 17.6. The molecule has 7 heteroatoms. The van der Waals surface area contributed by atoms with E-state index in [0.717, 1.165) is 19.3 Å². The van der Waals surface area contributed by atoms with Crippen molar-refractivity contribution in [1.29, 1.82) is 0 Å². The number of benzene rings is 1. The van der Waals surface area contributed by atoms with Gasteiger partial charge in [0.05, 0.1) is 6.04 Å². The standard InChI is InChI=1S/C20H22FN3O3/c1-3-12-8-9-16-22(2)20(27)18-19(26)15(25)10-11-23(18)24(16)17(12)13-6-4-5-7-14(13)21/h4-7,10-12,16-17,26H,3,8-9H2,1-2H3. The zero-order valence-corrected chi connectivity index (χ0v) is 15.3. The molecule has 4 rings (SSSR count). The molecule has 3 heterocycles. The van der Waals surface area contributed by atoms with Gasteiger partial charge in [0.2, 0.25) is 5.43 Å². The fraction of sp³-hybridized carbons (Fsp3) is 0.400. The summed E-state index contributed by atoms with van der Waals surface area (Å²) in [7, 11) is 1.66. The third-order valence-corrected chi connectivity index (χ3v) is 5.85. The molecule has 2 aromatic rings. The van der Waals surface area contributed by atoms with Crippen LogP contribution in [0.1, 0.15) is 48.3 Å². The quantitative estimate of drug-likeness (QED) is 0.881. The maximum Gasteiger partial charge on any atom is 0.277 e. The molecule has 142 valence electrons. The van der Waals surface area contributed by atoms with Gasteiger partial charge in [0, 0.05) is 24.9 Å². The molecule has 1 aromatic heterocycles. The van der Waals surface area contributed by atoms with Gasteiger partial charge in [-0.2, -0.15) is 0 Å². The first-order valence-corrected chi connectivity index (χ1v) is 9.20. The second kappa shape index (κ2) is 6.40. The zero-order valence-electron chi connectivity index (χ0n) is 15.3. The van der Waals surface area contributed by atoms with Crippen LogP contribution in [-0.4, -0.2) is 33.8 Å². The largest absolute Gasteiger partial charge is 0.502 e. The van der Waals surface area contributed by atoms with Gasteiger partial charge in [0.15, 0.2) is 11.4 Å². The summed E-state index contributed by atoms with van der Waals surface area (Å²) in [6.07, 6.45) is 3.66. The summed E-state index contributed by atoms with van der Waals surface area (Å²) in [5.74, 6) is -1.10. The van der Waals surface area contributed by atoms with E-state index < -0.39 is 17.1 Å². The molecule has 1 saturated heterocycles. The molecule has 0 bridgehead atoms. The molecule has 2 aliphatic rings. The van der Waals surface area contributed by atoms with Crippen LogP contribution in [0.25, 0.3) is 0 Å². The molecular formula is C20H22FN3O3. The van der Waals surface area contributed by atoms with Crippen molar-refractivity contribution in [3.63, 3.8) is 0 Å². The topological polar surface area (TPSA) is 65.8 Å². The summed E-state index contributed by atoms with van der Waals surface area (Å²) in [5.41, 5.74) is -0.117. The van der Waals surface area contributed by atoms with Gasteiger partial charge in [-0.05, 0) is 24.8 Å². The minimum absolute atomic E-state index is 0.0701. The molecule has 1 amide bonds. The Labute approximate surface area is 156 Å². The van der Waals surface area contributed by atoms with Crippen molar-refractivity contribution in [2.75, 3.05) is 12.1 Å². The fourth-order valence-corrected chi connectivity index (χ4v) is 4.45. The molecule has 1 fully saturated rings. The Morgan fingerprint density at radius 1 is 1.19 bits per heavy atom. The monoisotopic (exact) mass is 371 g/mol. The Bertz CT molecular complexity index is 958. The highest BCUT2D eigenvalue weighted by atomic mass is 19.1. The normalized spacial score (nSPS) is 24.6. The number of piperidine rings is 1. The Kier molecular flexibility index (Phi) is 4.17. The molecule has 0 aliphatic carbocycles. The SMILES string of the molecule is CCC1CCC2N(C)C(=O)c3c(O)c(=O)ccn3N2C1c1ccccc1F. The van der Waals surface area contributed by atoms with Gasteiger partial charge in [-0.15, -0.1) is 0 Å². The molecule has 3 atom stereocenters. The van der Waals surface area contributed by atoms with Crippen molar-refractivity contribution < 1.29 is 14.3 Å². The predicted octanol–water partition coefficient (Wildman–Crippen LogP) is 2.60. The summed E-state index contributed by atoms with van der Waals surface area (Å²) in [5, 5.41) is 12.2. The number of halogens is 1. The van der Waals surface area contributed by atoms with E-state index in [1.807, 2.05) is 5.01 Å². The second-order valence-corrected chi connectivity index (χ2v) is 7.21. The average Bonchev–Trinajstić information content (AvgIpc) is 2.67. The number of aromatic hydroxyl groups is 1. The number of fused-ring (bicyclic) bond motifs is 3. The number of carbonyl (C=O) groups excluding carboxylic acids is 1. The van der Waals surface area contributed by atoms with E-state index in [2.05, 4.69) is 6.92 Å². The van der Waals surface area contributed by atoms with E-state index in [1.54, 1.807) is 29.9 Å². The van der Waals surface area contributed by atoms with Crippen LogP contribution in [0.2, 0.25) is 0 Å². The van der Waals surface area contributed by atoms with E-state index in [9.17, 15) is 19.1 Å². The number of hydrogen-bond acceptors (Lipinski definition) is 4. The van der Waals surface area contributed by atoms with Gasteiger partial charge >= 0.3 is 0 Å². The van der Waals surface area contributed by atoms with E-state index in [0.29, 0.717) is 5.56 Å². The Morgan fingerprint density at radius 2 is 1.93 bits per heavy atom. The predicted molar refractivity (Wildman–Crippen MR) is 98.6 cm³/mol. The zero-order chi connectivity index (χ0) is 19.3. The lowest BCUT2D eigenvalue weighted by molar-refractivity contribution is 0.0488. The number of carbonyl (C=O) groups is 1. The summed E-state index contributed by atoms with van der Waals surface area (Å²) in [4.78, 5) is 26.3. The summed E-state index contributed by atoms with van der Waals surface area (Å²) >= 11 is 0. The number of nitrogens with zero attached hydrogens (tertiary/aromatic N) is 3. The molecule has 1 N–H and O–H groups in total. The molecule has 2 aliphatic heterocycles. The average molecular weight is 371 g/mol. The van der Waals surface area contributed by atoms with E-state index in [4.69, 9.17) is 0 Å². The van der Waals surface area contributed by atoms with Gasteiger partial charge in [-0.25, -0.2) is 4.39 Å². The maximum atomic E-state index is 14.7. The molecule has 27 heavy (non-hydrogen) atoms. The first-order chi connectivity index (χ1) is 13.0. The molecule has 0 spiro atoms. The molecular weight excluding hydrogens is 349 g/mol. The van der Waals surface area contributed by atoms with Crippen LogP contribution in [0.15, 0.2) is 41.3 Å². The van der Waals surface area contributed by atoms with E-state index >= 15 is 0 Å². The summed E-state index contributed by atoms with van der Waals surface area (Å²) in [6.45, 7) is 2.07. The van der Waals surface area contributed by atoms with Crippen molar-refractivity contribution in [3.05, 3.63) is 63.8 Å². The van der Waals surface area contributed by atoms with Crippen molar-refractivity contribution in [2.24, 2.45) is 5.92 Å². The number of pyridine rings is 1. The minimum Gasteiger partial charge on any atom is -0.502 e. The highest BCUT2D eigenvalue weighted by molar-refractivity contribution is 5.96. The van der Waals surface area contributed by atoms with Crippen LogP contribution >= 0.6 is 0 Å². The third kappa shape index (κ3) is 2.52. The van der Waals surface area contributed by atoms with Gasteiger partial charge in [0.1, 0.15) is 12.0 Å². The summed E-state index contributed by atoms with van der Waals surface area (Å²) in [6, 6.07) is 7.59. The molecule has 6 nitrogen and oxygen atoms in total. The van der Waals surface area contributed by atoms with Crippen LogP contribution in [0.4, 0.5) is 4.39 Å². The Hall–Kier alpha value is -2.83. The third-order valence-electron chi connectivity index (χ3n) is 5.85. The van der Waals surface area contributed by atoms with Crippen molar-refractivity contribution >= 4 is 5.91 Å². The molecule has 0 radical (unpaired) electrons. The molecule has 0 saturated carbocycles. The smallest absolute Gasteiger partial charge is 0.277 e. The molecule has 3 unspecified atom stereocenters. The van der Waals surface area contributed by atoms with Crippen LogP contribution in [0.3, 0.4) is 0 Å². The first-order valence-electron chi connectivity index (χ1n) is 9.20. The number of aromatic nitrogens is 1. The number of rotatable bonds is 2. The van der Waals surface area contributed by atoms with Crippen molar-refractivity contribution in [3.8, 4) is 5.75 Å². The van der Waals surface area contributed by atoms with Gasteiger partial charge in [-0.3, -0.25) is 19.3 Å². The van der Waals surface area contributed by atoms with Crippen LogP contribution in [0.5, 0.6) is 5.75 Å². The lowest BCUT2D eigenvalue weighted by Gasteiger charge is -2.54. The highest BCUT2D eigenvalue weighted by Crippen LogP contribution is 2.43. The Balaban J connectivity index is 1.97. The lowest BCUT2D eigenvalue weighted by atomic mass is 9.82. The van der Waals surface area contributed by atoms with E-state index in [-0.39, 0.29) is 29.6 Å². The lowest BCUT2D eigenvalue weighted by Crippen LogP contribution is -2.64. The van der Waals surface area contributed by atoms with E-state index in [1.165, 1.54) is 23.2 Å². The maximum absolute atomic E-state index is 14.7. The van der Waals surface area contributed by atoms with Gasteiger partial charge in [0.25, 0.3) is 5.91 Å². The molecule has 1 aromatic carbocycles. The minimum atomic E-state index is -0.604. The second-order valence-electron chi connectivity index (χ2n) is 7.21. The van der Waals surface area contributed by atoms with Gasteiger partial charge in [-0.1, -0.05) is 31.5 Å². The fourth-order valence-electron chi connectivity index (χ4n) is 4.45. The highest BCUT2D eigenvalue weighted by Gasteiger charge is 2.46. The van der Waals surface area contributed by atoms with Crippen LogP contribution < -0.4 is 10.4 Å². The van der Waals surface area contributed by atoms with Crippen molar-refractivity contribution in [2.45, 2.75) is 38.4 Å². The number of amides is 1. The van der Waals surface area contributed by atoms with Crippen LogP contribution in [-0.2, 0) is 0 Å². The van der Waals surface area contributed by atoms with Crippen LogP contribution in [0, 0.1) is 11.7 Å².